The van der Waals surface area contributed by atoms with Gasteiger partial charge in [0.15, 0.2) is 0 Å². The van der Waals surface area contributed by atoms with E-state index in [1.807, 2.05) is 55.5 Å². The second-order valence-electron chi connectivity index (χ2n) is 5.98. The van der Waals surface area contributed by atoms with Crippen LogP contribution in [0.5, 0.6) is 11.5 Å². The second-order valence-corrected chi connectivity index (χ2v) is 5.98. The van der Waals surface area contributed by atoms with Crippen molar-refractivity contribution >= 4 is 6.03 Å². The van der Waals surface area contributed by atoms with Gasteiger partial charge in [-0.2, -0.15) is 0 Å². The summed E-state index contributed by atoms with van der Waals surface area (Å²) < 4.78 is 10.5. The van der Waals surface area contributed by atoms with Gasteiger partial charge in [0.05, 0.1) is 7.11 Å². The van der Waals surface area contributed by atoms with Crippen molar-refractivity contribution in [3.8, 4) is 23.8 Å². The third-order valence-electron chi connectivity index (χ3n) is 4.14. The number of ether oxygens (including phenoxy) is 2. The van der Waals surface area contributed by atoms with Crippen LogP contribution >= 0.6 is 0 Å². The van der Waals surface area contributed by atoms with Gasteiger partial charge in [0.2, 0.25) is 0 Å². The van der Waals surface area contributed by atoms with Crippen LogP contribution in [0, 0.1) is 12.3 Å². The van der Waals surface area contributed by atoms with Crippen LogP contribution in [0.3, 0.4) is 0 Å². The molecule has 0 bridgehead atoms. The SMILES string of the molecule is C#CCOc1ccc(CCNC(=O)N(CC)Cc2ccc(OC)cc2)cc1. The van der Waals surface area contributed by atoms with Gasteiger partial charge in [-0.05, 0) is 48.7 Å². The largest absolute Gasteiger partial charge is 0.497 e. The van der Waals surface area contributed by atoms with Gasteiger partial charge in [-0.1, -0.05) is 30.2 Å². The first-order valence-corrected chi connectivity index (χ1v) is 8.97. The topological polar surface area (TPSA) is 50.8 Å². The molecule has 0 heterocycles. The van der Waals surface area contributed by atoms with Crippen molar-refractivity contribution in [2.24, 2.45) is 0 Å². The van der Waals surface area contributed by atoms with Gasteiger partial charge in [0.1, 0.15) is 18.1 Å². The average Bonchev–Trinajstić information content (AvgIpc) is 2.71. The highest BCUT2D eigenvalue weighted by molar-refractivity contribution is 5.74. The lowest BCUT2D eigenvalue weighted by Crippen LogP contribution is -2.40. The Bertz CT molecular complexity index is 749. The number of rotatable bonds is 9. The van der Waals surface area contributed by atoms with E-state index >= 15 is 0 Å². The van der Waals surface area contributed by atoms with Gasteiger partial charge in [-0.25, -0.2) is 4.79 Å². The lowest BCUT2D eigenvalue weighted by atomic mass is 10.1. The number of terminal acetylenes is 1. The summed E-state index contributed by atoms with van der Waals surface area (Å²) >= 11 is 0. The molecule has 0 aromatic heterocycles. The monoisotopic (exact) mass is 366 g/mol. The molecule has 1 N–H and O–H groups in total. The Hall–Kier alpha value is -3.13. The molecular formula is C22H26N2O3. The van der Waals surface area contributed by atoms with Gasteiger partial charge in [0.25, 0.3) is 0 Å². The molecule has 0 saturated heterocycles. The van der Waals surface area contributed by atoms with Crippen molar-refractivity contribution < 1.29 is 14.3 Å². The Labute approximate surface area is 161 Å². The third kappa shape index (κ3) is 6.59. The number of carbonyl (C=O) groups excluding carboxylic acids is 1. The molecule has 0 radical (unpaired) electrons. The molecular weight excluding hydrogens is 340 g/mol. The van der Waals surface area contributed by atoms with Crippen LogP contribution in [0.2, 0.25) is 0 Å². The molecule has 0 aliphatic carbocycles. The summed E-state index contributed by atoms with van der Waals surface area (Å²) in [7, 11) is 1.64. The summed E-state index contributed by atoms with van der Waals surface area (Å²) in [5.41, 5.74) is 2.19. The molecule has 2 aromatic carbocycles. The maximum Gasteiger partial charge on any atom is 0.317 e. The number of nitrogens with one attached hydrogen (secondary N) is 1. The van der Waals surface area contributed by atoms with Gasteiger partial charge < -0.3 is 19.7 Å². The summed E-state index contributed by atoms with van der Waals surface area (Å²) in [5, 5.41) is 2.98. The molecule has 2 amide bonds. The fourth-order valence-corrected chi connectivity index (χ4v) is 2.58. The van der Waals surface area contributed by atoms with Crippen LogP contribution in [-0.4, -0.2) is 37.7 Å². The fraction of sp³-hybridized carbons (Fsp3) is 0.318. The van der Waals surface area contributed by atoms with E-state index in [-0.39, 0.29) is 12.6 Å². The number of hydrogen-bond donors (Lipinski definition) is 1. The first-order chi connectivity index (χ1) is 13.2. The molecule has 2 aromatic rings. The average molecular weight is 366 g/mol. The van der Waals surface area contributed by atoms with Crippen molar-refractivity contribution in [2.45, 2.75) is 19.9 Å². The predicted molar refractivity (Wildman–Crippen MR) is 107 cm³/mol. The van der Waals surface area contributed by atoms with E-state index in [1.165, 1.54) is 0 Å². The highest BCUT2D eigenvalue weighted by Crippen LogP contribution is 2.14. The molecule has 2 rings (SSSR count). The number of hydrogen-bond acceptors (Lipinski definition) is 3. The minimum absolute atomic E-state index is 0.0673. The van der Waals surface area contributed by atoms with Gasteiger partial charge >= 0.3 is 6.03 Å². The fourth-order valence-electron chi connectivity index (χ4n) is 2.58. The zero-order valence-corrected chi connectivity index (χ0v) is 15.9. The normalized spacial score (nSPS) is 9.96. The van der Waals surface area contributed by atoms with Crippen molar-refractivity contribution in [2.75, 3.05) is 26.8 Å². The summed E-state index contributed by atoms with van der Waals surface area (Å²) in [6, 6.07) is 15.4. The number of methoxy groups -OCH3 is 1. The number of carbonyl (C=O) groups is 1. The summed E-state index contributed by atoms with van der Waals surface area (Å²) in [6.45, 7) is 4.00. The van der Waals surface area contributed by atoms with Crippen LogP contribution in [-0.2, 0) is 13.0 Å². The lowest BCUT2D eigenvalue weighted by molar-refractivity contribution is 0.198. The number of nitrogens with zero attached hydrogens (tertiary/aromatic N) is 1. The first kappa shape index (κ1) is 20.2. The van der Waals surface area contributed by atoms with Crippen molar-refractivity contribution in [3.63, 3.8) is 0 Å². The Balaban J connectivity index is 1.79. The van der Waals surface area contributed by atoms with Crippen LogP contribution < -0.4 is 14.8 Å². The molecule has 0 atom stereocenters. The molecule has 0 fully saturated rings. The summed E-state index contributed by atoms with van der Waals surface area (Å²) in [4.78, 5) is 14.2. The van der Waals surface area contributed by atoms with Crippen LogP contribution in [0.1, 0.15) is 18.1 Å². The van der Waals surface area contributed by atoms with Gasteiger partial charge in [-0.15, -0.1) is 6.42 Å². The van der Waals surface area contributed by atoms with Gasteiger partial charge in [0, 0.05) is 19.6 Å². The molecule has 142 valence electrons. The maximum atomic E-state index is 12.4. The highest BCUT2D eigenvalue weighted by Gasteiger charge is 2.11. The minimum atomic E-state index is -0.0673. The zero-order valence-electron chi connectivity index (χ0n) is 15.9. The predicted octanol–water partition coefficient (Wildman–Crippen LogP) is 3.48. The minimum Gasteiger partial charge on any atom is -0.497 e. The van der Waals surface area contributed by atoms with Crippen LogP contribution in [0.4, 0.5) is 4.79 Å². The number of urea groups is 1. The third-order valence-corrected chi connectivity index (χ3v) is 4.14. The molecule has 27 heavy (non-hydrogen) atoms. The maximum absolute atomic E-state index is 12.4. The zero-order chi connectivity index (χ0) is 19.5. The van der Waals surface area contributed by atoms with Crippen LogP contribution in [0.25, 0.3) is 0 Å². The molecule has 5 nitrogen and oxygen atoms in total. The van der Waals surface area contributed by atoms with E-state index in [0.29, 0.717) is 19.6 Å². The molecule has 0 aliphatic heterocycles. The Kier molecular flexibility index (Phi) is 8.05. The standard InChI is InChI=1S/C22H26N2O3/c1-4-16-27-21-12-6-18(7-13-21)14-15-23-22(25)24(5-2)17-19-8-10-20(26-3)11-9-19/h1,6-13H,5,14-17H2,2-3H3,(H,23,25). The van der Waals surface area contributed by atoms with Gasteiger partial charge in [-0.3, -0.25) is 0 Å². The molecule has 0 unspecified atom stereocenters. The van der Waals surface area contributed by atoms with E-state index in [2.05, 4.69) is 11.2 Å². The number of amides is 2. The lowest BCUT2D eigenvalue weighted by Gasteiger charge is -2.21. The summed E-state index contributed by atoms with van der Waals surface area (Å²) in [6.07, 6.45) is 5.92. The molecule has 0 aliphatic rings. The molecule has 0 saturated carbocycles. The van der Waals surface area contributed by atoms with E-state index in [1.54, 1.807) is 12.0 Å². The van der Waals surface area contributed by atoms with E-state index in [0.717, 1.165) is 29.0 Å². The van der Waals surface area contributed by atoms with E-state index < -0.39 is 0 Å². The second kappa shape index (κ2) is 10.8. The quantitative estimate of drug-likeness (QED) is 0.691. The van der Waals surface area contributed by atoms with Crippen molar-refractivity contribution in [1.29, 1.82) is 0 Å². The van der Waals surface area contributed by atoms with E-state index in [9.17, 15) is 4.79 Å². The van der Waals surface area contributed by atoms with E-state index in [4.69, 9.17) is 15.9 Å². The Morgan fingerprint density at radius 1 is 1.07 bits per heavy atom. The highest BCUT2D eigenvalue weighted by atomic mass is 16.5. The first-order valence-electron chi connectivity index (χ1n) is 8.97. The Morgan fingerprint density at radius 2 is 1.70 bits per heavy atom. The summed E-state index contributed by atoms with van der Waals surface area (Å²) in [5.74, 6) is 3.99. The number of benzene rings is 2. The van der Waals surface area contributed by atoms with Crippen molar-refractivity contribution in [3.05, 3.63) is 59.7 Å². The smallest absolute Gasteiger partial charge is 0.317 e. The Morgan fingerprint density at radius 3 is 2.30 bits per heavy atom. The molecule has 0 spiro atoms. The van der Waals surface area contributed by atoms with Crippen LogP contribution in [0.15, 0.2) is 48.5 Å². The van der Waals surface area contributed by atoms with Crippen molar-refractivity contribution in [1.82, 2.24) is 10.2 Å². The molecule has 5 heteroatoms.